The molecule has 0 aromatic heterocycles. The Hall–Kier alpha value is -2.33. The van der Waals surface area contributed by atoms with Crippen LogP contribution >= 0.6 is 0 Å². The first-order chi connectivity index (χ1) is 17.3. The van der Waals surface area contributed by atoms with Crippen LogP contribution in [0.4, 0.5) is 0 Å². The van der Waals surface area contributed by atoms with Gasteiger partial charge < -0.3 is 24.4 Å². The van der Waals surface area contributed by atoms with Crippen LogP contribution in [-0.2, 0) is 16.6 Å². The smallest absolute Gasteiger partial charge is 0.243 e. The minimum absolute atomic E-state index is 0.228. The maximum absolute atomic E-state index is 13.1. The second-order valence-corrected chi connectivity index (χ2v) is 11.5. The molecule has 1 aliphatic heterocycles. The van der Waals surface area contributed by atoms with E-state index in [-0.39, 0.29) is 4.90 Å². The molecule has 0 amide bonds. The van der Waals surface area contributed by atoms with Crippen LogP contribution in [0.3, 0.4) is 0 Å². The molecule has 1 aliphatic rings. The van der Waals surface area contributed by atoms with Crippen LogP contribution in [0.15, 0.2) is 41.3 Å². The Morgan fingerprint density at radius 3 is 2.36 bits per heavy atom. The van der Waals surface area contributed by atoms with E-state index in [1.54, 1.807) is 16.4 Å². The van der Waals surface area contributed by atoms with E-state index in [0.29, 0.717) is 30.5 Å². The van der Waals surface area contributed by atoms with E-state index in [2.05, 4.69) is 43.1 Å². The Morgan fingerprint density at radius 1 is 0.972 bits per heavy atom. The van der Waals surface area contributed by atoms with Gasteiger partial charge in [-0.05, 0) is 61.7 Å². The van der Waals surface area contributed by atoms with E-state index in [9.17, 15) is 8.42 Å². The van der Waals surface area contributed by atoms with Crippen LogP contribution in [-0.4, -0.2) is 77.7 Å². The summed E-state index contributed by atoms with van der Waals surface area (Å²) in [5.41, 5.74) is 2.45. The lowest BCUT2D eigenvalue weighted by Crippen LogP contribution is -2.48. The van der Waals surface area contributed by atoms with Crippen molar-refractivity contribution < 1.29 is 22.6 Å². The summed E-state index contributed by atoms with van der Waals surface area (Å²) in [6.45, 7) is 12.2. The van der Waals surface area contributed by atoms with E-state index in [1.807, 2.05) is 6.07 Å². The molecule has 0 bridgehead atoms. The van der Waals surface area contributed by atoms with E-state index >= 15 is 0 Å². The lowest BCUT2D eigenvalue weighted by molar-refractivity contribution is 0.186. The van der Waals surface area contributed by atoms with Gasteiger partial charge in [-0.3, -0.25) is 0 Å². The van der Waals surface area contributed by atoms with Gasteiger partial charge in [-0.15, -0.1) is 0 Å². The first-order valence-electron chi connectivity index (χ1n) is 12.6. The van der Waals surface area contributed by atoms with Crippen molar-refractivity contribution in [3.8, 4) is 17.2 Å². The molecule has 0 spiro atoms. The fourth-order valence-electron chi connectivity index (χ4n) is 4.23. The quantitative estimate of drug-likeness (QED) is 0.406. The van der Waals surface area contributed by atoms with Crippen LogP contribution < -0.4 is 19.5 Å². The van der Waals surface area contributed by atoms with Crippen molar-refractivity contribution in [1.29, 1.82) is 0 Å². The summed E-state index contributed by atoms with van der Waals surface area (Å²) >= 11 is 0. The fourth-order valence-corrected chi connectivity index (χ4v) is 5.67. The summed E-state index contributed by atoms with van der Waals surface area (Å²) in [7, 11) is -0.538. The van der Waals surface area contributed by atoms with Gasteiger partial charge in [0, 0.05) is 38.8 Å². The molecule has 36 heavy (non-hydrogen) atoms. The number of piperazine rings is 1. The Balaban J connectivity index is 1.41. The Labute approximate surface area is 216 Å². The number of benzene rings is 2. The molecule has 0 saturated carbocycles. The molecular formula is C27H41N3O5S. The van der Waals surface area contributed by atoms with Gasteiger partial charge in [0.05, 0.1) is 25.7 Å². The van der Waals surface area contributed by atoms with Gasteiger partial charge in [-0.25, -0.2) is 8.42 Å². The third-order valence-electron chi connectivity index (χ3n) is 6.44. The first-order valence-corrected chi connectivity index (χ1v) is 14.1. The SMILES string of the molecule is COc1ccc(S(=O)(=O)N2CCN(CCCNCc3cccc(OCC(C)C)c3C)CC2)cc1OC. The number of ether oxygens (including phenoxy) is 3. The molecule has 1 heterocycles. The van der Waals surface area contributed by atoms with Crippen LogP contribution in [0.2, 0.25) is 0 Å². The largest absolute Gasteiger partial charge is 0.493 e. The summed E-state index contributed by atoms with van der Waals surface area (Å²) in [5, 5.41) is 3.54. The highest BCUT2D eigenvalue weighted by Crippen LogP contribution is 2.31. The molecule has 9 heteroatoms. The van der Waals surface area contributed by atoms with Crippen molar-refractivity contribution in [2.24, 2.45) is 5.92 Å². The third kappa shape index (κ3) is 7.35. The molecule has 0 unspecified atom stereocenters. The Kier molecular flexibility index (Phi) is 10.4. The highest BCUT2D eigenvalue weighted by Gasteiger charge is 2.29. The maximum Gasteiger partial charge on any atom is 0.243 e. The molecule has 0 atom stereocenters. The molecular weight excluding hydrogens is 478 g/mol. The van der Waals surface area contributed by atoms with Gasteiger partial charge in [0.15, 0.2) is 11.5 Å². The zero-order valence-electron chi connectivity index (χ0n) is 22.2. The Morgan fingerprint density at radius 2 is 1.69 bits per heavy atom. The zero-order valence-corrected chi connectivity index (χ0v) is 23.1. The molecule has 2 aromatic rings. The van der Waals surface area contributed by atoms with Gasteiger partial charge in [0.2, 0.25) is 10.0 Å². The molecule has 2 aromatic carbocycles. The molecule has 0 aliphatic carbocycles. The second-order valence-electron chi connectivity index (χ2n) is 9.54. The summed E-state index contributed by atoms with van der Waals surface area (Å²) in [6, 6.07) is 11.0. The number of hydrogen-bond donors (Lipinski definition) is 1. The summed E-state index contributed by atoms with van der Waals surface area (Å²) in [5.74, 6) is 2.38. The minimum Gasteiger partial charge on any atom is -0.493 e. The summed E-state index contributed by atoms with van der Waals surface area (Å²) < 4.78 is 44.2. The average molecular weight is 520 g/mol. The lowest BCUT2D eigenvalue weighted by Gasteiger charge is -2.34. The van der Waals surface area contributed by atoms with Crippen LogP contribution in [0.1, 0.15) is 31.4 Å². The molecule has 3 rings (SSSR count). The van der Waals surface area contributed by atoms with Crippen molar-refractivity contribution in [1.82, 2.24) is 14.5 Å². The van der Waals surface area contributed by atoms with Crippen molar-refractivity contribution in [2.45, 2.75) is 38.6 Å². The van der Waals surface area contributed by atoms with Crippen LogP contribution in [0.25, 0.3) is 0 Å². The predicted octanol–water partition coefficient (Wildman–Crippen LogP) is 3.53. The van der Waals surface area contributed by atoms with Crippen molar-refractivity contribution in [3.63, 3.8) is 0 Å². The molecule has 1 N–H and O–H groups in total. The van der Waals surface area contributed by atoms with Crippen molar-refractivity contribution in [2.75, 3.05) is 60.1 Å². The highest BCUT2D eigenvalue weighted by molar-refractivity contribution is 7.89. The second kappa shape index (κ2) is 13.3. The number of hydrogen-bond acceptors (Lipinski definition) is 7. The molecule has 1 saturated heterocycles. The summed E-state index contributed by atoms with van der Waals surface area (Å²) in [4.78, 5) is 2.56. The van der Waals surface area contributed by atoms with Crippen molar-refractivity contribution >= 4 is 10.0 Å². The highest BCUT2D eigenvalue weighted by atomic mass is 32.2. The molecule has 200 valence electrons. The molecule has 0 radical (unpaired) electrons. The predicted molar refractivity (Wildman–Crippen MR) is 143 cm³/mol. The fraction of sp³-hybridized carbons (Fsp3) is 0.556. The van der Waals surface area contributed by atoms with Crippen LogP contribution in [0, 0.1) is 12.8 Å². The van der Waals surface area contributed by atoms with Crippen molar-refractivity contribution in [3.05, 3.63) is 47.5 Å². The van der Waals surface area contributed by atoms with Gasteiger partial charge in [0.1, 0.15) is 5.75 Å². The maximum atomic E-state index is 13.1. The summed E-state index contributed by atoms with van der Waals surface area (Å²) in [6.07, 6.45) is 1.00. The van der Waals surface area contributed by atoms with E-state index in [0.717, 1.165) is 51.5 Å². The zero-order chi connectivity index (χ0) is 26.1. The minimum atomic E-state index is -3.57. The van der Waals surface area contributed by atoms with E-state index < -0.39 is 10.0 Å². The third-order valence-corrected chi connectivity index (χ3v) is 8.33. The standard InChI is InChI=1S/C27H41N3O5S/c1-21(2)20-35-25-9-6-8-23(22(25)3)19-28-12-7-13-29-14-16-30(17-15-29)36(31,32)24-10-11-26(33-4)27(18-24)34-5/h6,8-11,18,21,28H,7,12-17,19-20H2,1-5H3. The van der Waals surface area contributed by atoms with Gasteiger partial charge in [0.25, 0.3) is 0 Å². The van der Waals surface area contributed by atoms with E-state index in [1.165, 1.54) is 31.4 Å². The lowest BCUT2D eigenvalue weighted by atomic mass is 10.1. The van der Waals surface area contributed by atoms with Crippen LogP contribution in [0.5, 0.6) is 17.2 Å². The normalized spacial score (nSPS) is 15.3. The first kappa shape index (κ1) is 28.2. The number of rotatable bonds is 13. The number of methoxy groups -OCH3 is 2. The van der Waals surface area contributed by atoms with Gasteiger partial charge in [-0.2, -0.15) is 4.31 Å². The molecule has 1 fully saturated rings. The van der Waals surface area contributed by atoms with Gasteiger partial charge in [-0.1, -0.05) is 26.0 Å². The average Bonchev–Trinajstić information content (AvgIpc) is 2.88. The Bertz CT molecular complexity index is 1080. The van der Waals surface area contributed by atoms with Gasteiger partial charge >= 0.3 is 0 Å². The topological polar surface area (TPSA) is 80.3 Å². The number of nitrogens with one attached hydrogen (secondary N) is 1. The molecule has 8 nitrogen and oxygen atoms in total. The van der Waals surface area contributed by atoms with E-state index in [4.69, 9.17) is 14.2 Å². The monoisotopic (exact) mass is 519 g/mol. The number of sulfonamides is 1. The number of nitrogens with zero attached hydrogens (tertiary/aromatic N) is 2.